The summed E-state index contributed by atoms with van der Waals surface area (Å²) < 4.78 is 50.7. The van der Waals surface area contributed by atoms with Crippen molar-refractivity contribution in [1.29, 1.82) is 0 Å². The molecular weight excluding hydrogens is 669 g/mol. The van der Waals surface area contributed by atoms with Gasteiger partial charge in [0, 0.05) is 55.2 Å². The van der Waals surface area contributed by atoms with Crippen LogP contribution in [0.1, 0.15) is 91.2 Å². The zero-order valence-corrected chi connectivity index (χ0v) is 33.3. The van der Waals surface area contributed by atoms with Crippen LogP contribution in [0.5, 0.6) is 11.6 Å². The first kappa shape index (κ1) is 47.4. The van der Waals surface area contributed by atoms with Crippen LogP contribution >= 0.6 is 0 Å². The van der Waals surface area contributed by atoms with E-state index in [1.807, 2.05) is 58.9 Å². The maximum atomic E-state index is 15.3. The molecule has 0 radical (unpaired) electrons. The molecule has 290 valence electrons. The predicted molar refractivity (Wildman–Crippen MR) is 211 cm³/mol. The van der Waals surface area contributed by atoms with Gasteiger partial charge in [0.1, 0.15) is 11.9 Å². The van der Waals surface area contributed by atoms with E-state index in [0.717, 1.165) is 24.8 Å². The number of amides is 1. The summed E-state index contributed by atoms with van der Waals surface area (Å²) in [5, 5.41) is 3.23. The Hall–Kier alpha value is -4.58. The van der Waals surface area contributed by atoms with Gasteiger partial charge in [0.05, 0.1) is 25.9 Å². The fourth-order valence-corrected chi connectivity index (χ4v) is 4.32. The molecule has 4 aromatic rings. The van der Waals surface area contributed by atoms with Crippen molar-refractivity contribution in [3.63, 3.8) is 0 Å². The third-order valence-electron chi connectivity index (χ3n) is 6.44. The van der Waals surface area contributed by atoms with Gasteiger partial charge < -0.3 is 29.6 Å². The molecule has 3 heterocycles. The Morgan fingerprint density at radius 1 is 1.02 bits per heavy atom. The van der Waals surface area contributed by atoms with Crippen LogP contribution in [0.3, 0.4) is 0 Å². The number of hydrogen-bond donors (Lipinski definition) is 2. The number of alkyl halides is 1. The van der Waals surface area contributed by atoms with E-state index in [1.165, 1.54) is 35.7 Å². The number of aromatic nitrogens is 3. The van der Waals surface area contributed by atoms with Gasteiger partial charge in [-0.2, -0.15) is 0 Å². The molecule has 1 saturated heterocycles. The monoisotopic (exact) mass is 730 g/mol. The minimum Gasteiger partial charge on any atom is -0.435 e. The number of aryl methyl sites for hydroxylation is 1. The van der Waals surface area contributed by atoms with Gasteiger partial charge in [-0.15, -0.1) is 6.58 Å². The zero-order valence-electron chi connectivity index (χ0n) is 33.3. The topological polar surface area (TPSA) is 95.6 Å². The number of anilines is 3. The summed E-state index contributed by atoms with van der Waals surface area (Å²) in [5.74, 6) is -2.29. The van der Waals surface area contributed by atoms with Gasteiger partial charge in [-0.3, -0.25) is 9.18 Å². The van der Waals surface area contributed by atoms with E-state index in [1.54, 1.807) is 14.0 Å². The highest BCUT2D eigenvalue weighted by Crippen LogP contribution is 2.35. The molecule has 1 aliphatic heterocycles. The van der Waals surface area contributed by atoms with E-state index in [2.05, 4.69) is 59.4 Å². The molecule has 0 unspecified atom stereocenters. The number of halogens is 3. The van der Waals surface area contributed by atoms with Crippen LogP contribution in [0.4, 0.5) is 30.4 Å². The molecule has 1 aliphatic rings. The largest absolute Gasteiger partial charge is 0.435 e. The van der Waals surface area contributed by atoms with Crippen LogP contribution < -0.4 is 15.0 Å². The first-order chi connectivity index (χ1) is 24.9. The summed E-state index contributed by atoms with van der Waals surface area (Å²) in [6.45, 7) is 26.8. The maximum Gasteiger partial charge on any atom is 0.262 e. The molecule has 52 heavy (non-hydrogen) atoms. The van der Waals surface area contributed by atoms with Crippen molar-refractivity contribution in [3.8, 4) is 11.6 Å². The van der Waals surface area contributed by atoms with E-state index in [9.17, 15) is 13.6 Å². The average Bonchev–Trinajstić information content (AvgIpc) is 3.55. The minimum absolute atomic E-state index is 0.00113. The standard InChI is InChI=1S/C27H28F2N6O3.C4H8.2C3H8.C2H6.CH3F/c1-4-34(3)27(36)22-25(33-17-6-5-7-18(13-17)35-8-10-37-11-9-35)30-15-31-26(22)38-21-14-20(28)24-19(23(21)29)12-16(2)32-24;1-4(2)3;2*1-3-2;2*1-2/h5-7,12-15,32H,4,8-11H2,1-3H3,(H,30,31,33);1H2,2-3H3;2*3H2,1-2H3;1-2H3;1H3. The Bertz CT molecular complexity index is 1620. The second kappa shape index (κ2) is 26.2. The lowest BCUT2D eigenvalue weighted by molar-refractivity contribution is 0.0799. The third kappa shape index (κ3) is 15.0. The fourth-order valence-electron chi connectivity index (χ4n) is 4.32. The van der Waals surface area contributed by atoms with Gasteiger partial charge in [-0.25, -0.2) is 18.7 Å². The molecule has 1 amide bonds. The SMILES string of the molecule is C=C(C)C.CC.CCC.CCC.CCN(C)C(=O)c1c(Nc2cccc(N3CCOCC3)c2)ncnc1Oc1cc(F)c2[nH]c(C)cc2c1F.CF. The number of carbonyl (C=O) groups is 1. The van der Waals surface area contributed by atoms with Crippen molar-refractivity contribution in [3.05, 3.63) is 77.8 Å². The number of morpholine rings is 1. The number of aromatic amines is 1. The first-order valence-corrected chi connectivity index (χ1v) is 17.9. The summed E-state index contributed by atoms with van der Waals surface area (Å²) in [4.78, 5) is 28.3. The quantitative estimate of drug-likeness (QED) is 0.183. The molecule has 5 rings (SSSR count). The summed E-state index contributed by atoms with van der Waals surface area (Å²) in [6.07, 6.45) is 3.71. The van der Waals surface area contributed by atoms with Gasteiger partial charge in [-0.05, 0) is 52.0 Å². The van der Waals surface area contributed by atoms with Crippen molar-refractivity contribution in [2.24, 2.45) is 0 Å². The van der Waals surface area contributed by atoms with Crippen molar-refractivity contribution in [1.82, 2.24) is 19.9 Å². The van der Waals surface area contributed by atoms with E-state index in [0.29, 0.717) is 38.3 Å². The smallest absolute Gasteiger partial charge is 0.262 e. The molecular formula is C40H61F3N6O3. The molecule has 1 fully saturated rings. The summed E-state index contributed by atoms with van der Waals surface area (Å²) >= 11 is 0. The first-order valence-electron chi connectivity index (χ1n) is 17.9. The van der Waals surface area contributed by atoms with Gasteiger partial charge in [-0.1, -0.05) is 66.0 Å². The Kier molecular flexibility index (Phi) is 23.9. The summed E-state index contributed by atoms with van der Waals surface area (Å²) in [6, 6.07) is 10.1. The number of hydrogen-bond acceptors (Lipinski definition) is 7. The van der Waals surface area contributed by atoms with Crippen LogP contribution in [-0.2, 0) is 4.74 Å². The lowest BCUT2D eigenvalue weighted by atomic mass is 10.2. The number of H-pyrrole nitrogens is 1. The number of benzene rings is 2. The van der Waals surface area contributed by atoms with E-state index >= 15 is 4.39 Å². The van der Waals surface area contributed by atoms with Crippen LogP contribution in [0.15, 0.2) is 54.9 Å². The highest BCUT2D eigenvalue weighted by molar-refractivity contribution is 6.01. The second-order valence-corrected chi connectivity index (χ2v) is 11.6. The van der Waals surface area contributed by atoms with E-state index < -0.39 is 17.5 Å². The highest BCUT2D eigenvalue weighted by Gasteiger charge is 2.26. The van der Waals surface area contributed by atoms with Crippen LogP contribution in [0.25, 0.3) is 10.9 Å². The molecule has 0 aliphatic carbocycles. The Morgan fingerprint density at radius 3 is 2.15 bits per heavy atom. The summed E-state index contributed by atoms with van der Waals surface area (Å²) in [7, 11) is 2.12. The zero-order chi connectivity index (χ0) is 39.8. The average molecular weight is 731 g/mol. The Morgan fingerprint density at radius 2 is 1.60 bits per heavy atom. The molecule has 0 bridgehead atoms. The normalized spacial score (nSPS) is 11.3. The molecule has 2 aromatic carbocycles. The van der Waals surface area contributed by atoms with Crippen LogP contribution in [0.2, 0.25) is 0 Å². The maximum absolute atomic E-state index is 15.3. The number of nitrogens with zero attached hydrogens (tertiary/aromatic N) is 4. The lowest BCUT2D eigenvalue weighted by Gasteiger charge is -2.29. The molecule has 0 saturated carbocycles. The minimum atomic E-state index is -0.765. The molecule has 12 heteroatoms. The van der Waals surface area contributed by atoms with Crippen molar-refractivity contribution < 1.29 is 27.4 Å². The van der Waals surface area contributed by atoms with E-state index in [-0.39, 0.29) is 33.9 Å². The van der Waals surface area contributed by atoms with Gasteiger partial charge in [0.2, 0.25) is 5.88 Å². The number of allylic oxidation sites excluding steroid dienone is 1. The fraction of sp³-hybridized carbons (Fsp3) is 0.475. The van der Waals surface area contributed by atoms with Crippen molar-refractivity contribution in [2.45, 2.75) is 82.1 Å². The number of ether oxygens (including phenoxy) is 2. The van der Waals surface area contributed by atoms with E-state index in [4.69, 9.17) is 9.47 Å². The van der Waals surface area contributed by atoms with Gasteiger partial charge in [0.15, 0.2) is 23.2 Å². The van der Waals surface area contributed by atoms with Crippen molar-refractivity contribution in [2.75, 3.05) is 57.3 Å². The molecule has 2 aromatic heterocycles. The molecule has 9 nitrogen and oxygen atoms in total. The van der Waals surface area contributed by atoms with Crippen molar-refractivity contribution >= 4 is 34.0 Å². The third-order valence-corrected chi connectivity index (χ3v) is 6.44. The number of carbonyl (C=O) groups excluding carboxylic acids is 1. The lowest BCUT2D eigenvalue weighted by Crippen LogP contribution is -2.36. The highest BCUT2D eigenvalue weighted by atomic mass is 19.1. The number of fused-ring (bicyclic) bond motifs is 1. The molecule has 2 N–H and O–H groups in total. The van der Waals surface area contributed by atoms with Crippen LogP contribution in [-0.4, -0.2) is 72.8 Å². The van der Waals surface area contributed by atoms with Crippen LogP contribution in [0, 0.1) is 18.6 Å². The predicted octanol–water partition coefficient (Wildman–Crippen LogP) is 11.0. The number of nitrogens with one attached hydrogen (secondary N) is 2. The Labute approximate surface area is 309 Å². The van der Waals surface area contributed by atoms with Gasteiger partial charge >= 0.3 is 0 Å². The summed E-state index contributed by atoms with van der Waals surface area (Å²) in [5.41, 5.74) is 3.49. The van der Waals surface area contributed by atoms with Gasteiger partial charge in [0.25, 0.3) is 5.91 Å². The molecule has 0 spiro atoms. The second-order valence-electron chi connectivity index (χ2n) is 11.6. The Balaban J connectivity index is 0.00000162. The number of rotatable bonds is 7. The molecule has 0 atom stereocenters.